The summed E-state index contributed by atoms with van der Waals surface area (Å²) >= 11 is 0. The van der Waals surface area contributed by atoms with E-state index >= 15 is 0 Å². The summed E-state index contributed by atoms with van der Waals surface area (Å²) in [5.74, 6) is 1.17. The first-order valence-corrected chi connectivity index (χ1v) is 7.85. The topological polar surface area (TPSA) is 68.0 Å². The van der Waals surface area contributed by atoms with Gasteiger partial charge in [0.05, 0.1) is 0 Å². The van der Waals surface area contributed by atoms with Crippen molar-refractivity contribution in [1.29, 1.82) is 0 Å². The van der Waals surface area contributed by atoms with Gasteiger partial charge in [-0.25, -0.2) is 4.98 Å². The molecular formula is C19H21N3O. The van der Waals surface area contributed by atoms with Crippen LogP contribution in [-0.2, 0) is 4.79 Å². The first kappa shape index (κ1) is 15.3. The standard InChI is InChI=1S/C19H21N3O/c1-3-14-10-15(11-21-19(14)20)17-7-6-16(8-12(17)2)22-18(23)9-13-4-5-13/h3,6-8,10-11,13H,1,4-5,9H2,2H3,(H2,20,21)(H,22,23). The Balaban J connectivity index is 1.81. The lowest BCUT2D eigenvalue weighted by Gasteiger charge is -2.11. The zero-order valence-electron chi connectivity index (χ0n) is 13.3. The molecule has 1 aromatic heterocycles. The number of aryl methyl sites for hydroxylation is 1. The van der Waals surface area contributed by atoms with Gasteiger partial charge >= 0.3 is 0 Å². The summed E-state index contributed by atoms with van der Waals surface area (Å²) in [7, 11) is 0. The Hall–Kier alpha value is -2.62. The summed E-state index contributed by atoms with van der Waals surface area (Å²) in [5, 5.41) is 2.97. The van der Waals surface area contributed by atoms with Crippen molar-refractivity contribution in [2.75, 3.05) is 11.1 Å². The first-order chi connectivity index (χ1) is 11.1. The molecule has 1 aromatic carbocycles. The van der Waals surface area contributed by atoms with E-state index in [4.69, 9.17) is 5.73 Å². The lowest BCUT2D eigenvalue weighted by atomic mass is 10.00. The quantitative estimate of drug-likeness (QED) is 0.876. The summed E-state index contributed by atoms with van der Waals surface area (Å²) in [4.78, 5) is 16.1. The lowest BCUT2D eigenvalue weighted by Crippen LogP contribution is -2.12. The van der Waals surface area contributed by atoms with E-state index in [2.05, 4.69) is 16.9 Å². The highest BCUT2D eigenvalue weighted by Gasteiger charge is 2.24. The maximum Gasteiger partial charge on any atom is 0.224 e. The summed E-state index contributed by atoms with van der Waals surface area (Å²) in [6.07, 6.45) is 6.46. The fourth-order valence-electron chi connectivity index (χ4n) is 2.66. The van der Waals surface area contributed by atoms with Gasteiger partial charge in [-0.05, 0) is 55.0 Å². The maximum atomic E-state index is 11.9. The molecule has 1 heterocycles. The third kappa shape index (κ3) is 3.59. The Morgan fingerprint density at radius 1 is 1.43 bits per heavy atom. The van der Waals surface area contributed by atoms with Crippen molar-refractivity contribution < 1.29 is 4.79 Å². The Kier molecular flexibility index (Phi) is 4.15. The highest BCUT2D eigenvalue weighted by molar-refractivity contribution is 5.91. The maximum absolute atomic E-state index is 11.9. The molecule has 2 aromatic rings. The number of benzene rings is 1. The van der Waals surface area contributed by atoms with Crippen LogP contribution in [0.15, 0.2) is 37.0 Å². The molecule has 1 amide bonds. The van der Waals surface area contributed by atoms with Gasteiger partial charge in [-0.1, -0.05) is 18.7 Å². The highest BCUT2D eigenvalue weighted by Crippen LogP contribution is 2.33. The summed E-state index contributed by atoms with van der Waals surface area (Å²) in [6, 6.07) is 7.90. The van der Waals surface area contributed by atoms with E-state index in [1.165, 1.54) is 12.8 Å². The van der Waals surface area contributed by atoms with E-state index in [-0.39, 0.29) is 5.91 Å². The van der Waals surface area contributed by atoms with Crippen LogP contribution < -0.4 is 11.1 Å². The van der Waals surface area contributed by atoms with Gasteiger partial charge in [0.1, 0.15) is 5.82 Å². The Labute approximate surface area is 136 Å². The molecule has 1 aliphatic carbocycles. The third-order valence-electron chi connectivity index (χ3n) is 4.16. The minimum Gasteiger partial charge on any atom is -0.383 e. The zero-order valence-corrected chi connectivity index (χ0v) is 13.3. The van der Waals surface area contributed by atoms with Crippen LogP contribution in [0.1, 0.15) is 30.4 Å². The molecule has 1 fully saturated rings. The van der Waals surface area contributed by atoms with Gasteiger partial charge < -0.3 is 11.1 Å². The molecule has 3 N–H and O–H groups in total. The van der Waals surface area contributed by atoms with E-state index in [1.807, 2.05) is 31.2 Å². The van der Waals surface area contributed by atoms with Crippen LogP contribution in [0.3, 0.4) is 0 Å². The van der Waals surface area contributed by atoms with E-state index in [0.717, 1.165) is 27.9 Å². The second kappa shape index (κ2) is 6.24. The van der Waals surface area contributed by atoms with Gasteiger partial charge in [0.2, 0.25) is 5.91 Å². The predicted molar refractivity (Wildman–Crippen MR) is 94.9 cm³/mol. The van der Waals surface area contributed by atoms with Crippen molar-refractivity contribution in [2.45, 2.75) is 26.2 Å². The van der Waals surface area contributed by atoms with Crippen molar-refractivity contribution >= 4 is 23.5 Å². The first-order valence-electron chi connectivity index (χ1n) is 7.85. The molecule has 0 radical (unpaired) electrons. The Bertz CT molecular complexity index is 763. The Morgan fingerprint density at radius 3 is 2.87 bits per heavy atom. The van der Waals surface area contributed by atoms with Crippen LogP contribution in [0.2, 0.25) is 0 Å². The summed E-state index contributed by atoms with van der Waals surface area (Å²) in [6.45, 7) is 5.78. The number of aromatic nitrogens is 1. The average Bonchev–Trinajstić information content (AvgIpc) is 3.32. The smallest absolute Gasteiger partial charge is 0.224 e. The number of rotatable bonds is 5. The fraction of sp³-hybridized carbons (Fsp3) is 0.263. The number of nitrogens with zero attached hydrogens (tertiary/aromatic N) is 1. The van der Waals surface area contributed by atoms with E-state index in [1.54, 1.807) is 12.3 Å². The normalized spacial score (nSPS) is 13.6. The van der Waals surface area contributed by atoms with E-state index in [9.17, 15) is 4.79 Å². The van der Waals surface area contributed by atoms with Crippen LogP contribution in [0.25, 0.3) is 17.2 Å². The van der Waals surface area contributed by atoms with Crippen LogP contribution in [-0.4, -0.2) is 10.9 Å². The SMILES string of the molecule is C=Cc1cc(-c2ccc(NC(=O)CC3CC3)cc2C)cnc1N. The summed E-state index contributed by atoms with van der Waals surface area (Å²) in [5.41, 5.74) is 10.6. The van der Waals surface area contributed by atoms with Gasteiger partial charge in [0.15, 0.2) is 0 Å². The van der Waals surface area contributed by atoms with E-state index in [0.29, 0.717) is 18.2 Å². The number of amides is 1. The minimum atomic E-state index is 0.0998. The molecule has 118 valence electrons. The monoisotopic (exact) mass is 307 g/mol. The molecule has 23 heavy (non-hydrogen) atoms. The van der Waals surface area contributed by atoms with Crippen molar-refractivity contribution in [3.8, 4) is 11.1 Å². The van der Waals surface area contributed by atoms with Crippen LogP contribution in [0.5, 0.6) is 0 Å². The predicted octanol–water partition coefficient (Wildman–Crippen LogP) is 4.02. The number of anilines is 2. The Morgan fingerprint density at radius 2 is 2.22 bits per heavy atom. The average molecular weight is 307 g/mol. The number of pyridine rings is 1. The molecule has 0 unspecified atom stereocenters. The van der Waals surface area contributed by atoms with Crippen molar-refractivity contribution in [3.63, 3.8) is 0 Å². The van der Waals surface area contributed by atoms with Crippen LogP contribution >= 0.6 is 0 Å². The molecule has 3 rings (SSSR count). The second-order valence-electron chi connectivity index (χ2n) is 6.13. The van der Waals surface area contributed by atoms with Crippen LogP contribution in [0.4, 0.5) is 11.5 Å². The molecule has 4 heteroatoms. The van der Waals surface area contributed by atoms with Crippen molar-refractivity contribution in [2.24, 2.45) is 5.92 Å². The molecule has 1 saturated carbocycles. The minimum absolute atomic E-state index is 0.0998. The van der Waals surface area contributed by atoms with Gasteiger partial charge in [-0.2, -0.15) is 0 Å². The number of nitrogen functional groups attached to an aromatic ring is 1. The van der Waals surface area contributed by atoms with E-state index < -0.39 is 0 Å². The van der Waals surface area contributed by atoms with Gasteiger partial charge in [0.25, 0.3) is 0 Å². The second-order valence-corrected chi connectivity index (χ2v) is 6.13. The number of hydrogen-bond acceptors (Lipinski definition) is 3. The molecule has 0 atom stereocenters. The van der Waals surface area contributed by atoms with Crippen molar-refractivity contribution in [3.05, 3.63) is 48.2 Å². The number of nitrogens with one attached hydrogen (secondary N) is 1. The molecule has 0 bridgehead atoms. The third-order valence-corrected chi connectivity index (χ3v) is 4.16. The van der Waals surface area contributed by atoms with Gasteiger partial charge in [0, 0.05) is 29.4 Å². The van der Waals surface area contributed by atoms with Gasteiger partial charge in [-0.3, -0.25) is 4.79 Å². The number of carbonyl (C=O) groups is 1. The molecule has 0 spiro atoms. The largest absolute Gasteiger partial charge is 0.383 e. The van der Waals surface area contributed by atoms with Crippen molar-refractivity contribution in [1.82, 2.24) is 4.98 Å². The number of hydrogen-bond donors (Lipinski definition) is 2. The highest BCUT2D eigenvalue weighted by atomic mass is 16.1. The summed E-state index contributed by atoms with van der Waals surface area (Å²) < 4.78 is 0. The zero-order chi connectivity index (χ0) is 16.4. The molecule has 0 aliphatic heterocycles. The number of carbonyl (C=O) groups excluding carboxylic acids is 1. The fourth-order valence-corrected chi connectivity index (χ4v) is 2.66. The number of nitrogens with two attached hydrogens (primary N) is 1. The molecule has 4 nitrogen and oxygen atoms in total. The molecule has 0 saturated heterocycles. The van der Waals surface area contributed by atoms with Crippen LogP contribution in [0, 0.1) is 12.8 Å². The van der Waals surface area contributed by atoms with Gasteiger partial charge in [-0.15, -0.1) is 0 Å². The molecule has 1 aliphatic rings. The lowest BCUT2D eigenvalue weighted by molar-refractivity contribution is -0.116. The molecular weight excluding hydrogens is 286 g/mol.